The van der Waals surface area contributed by atoms with Gasteiger partial charge < -0.3 is 5.11 Å². The molecule has 4 aliphatic carbocycles. The Hall–Kier alpha value is -2.54. The number of nitro groups is 1. The van der Waals surface area contributed by atoms with Crippen LogP contribution in [0.4, 0.5) is 11.6 Å². The predicted molar refractivity (Wildman–Crippen MR) is 105 cm³/mol. The molecule has 2 heterocycles. The Bertz CT molecular complexity index is 970. The standard InChI is InChI=1S/C22H24N4O3/c27-22(17-1-3-18(4-2-17)26(28)29)13-25-6-5-19(23-20(25)24-22)21-10-14-7-15(11-21)9-16(8-14)12-21/h1-6,14-16,27H,7-13H2/p+1. The van der Waals surface area contributed by atoms with Gasteiger partial charge in [0.2, 0.25) is 5.72 Å². The minimum Gasteiger partial charge on any atom is -0.353 e. The number of non-ortho nitro benzene ring substituents is 1. The molecule has 1 aromatic carbocycles. The topological polar surface area (TPSA) is 92.2 Å². The number of aromatic nitrogens is 2. The Balaban J connectivity index is 1.30. The smallest absolute Gasteiger partial charge is 0.353 e. The molecule has 0 saturated heterocycles. The minimum atomic E-state index is -1.31. The lowest BCUT2D eigenvalue weighted by Gasteiger charge is -2.55. The molecule has 4 bridgehead atoms. The minimum absolute atomic E-state index is 0.0164. The van der Waals surface area contributed by atoms with E-state index in [4.69, 9.17) is 4.98 Å². The number of nitrogens with zero attached hydrogens (tertiary/aromatic N) is 3. The number of benzene rings is 1. The van der Waals surface area contributed by atoms with Crippen LogP contribution in [0.25, 0.3) is 0 Å². The maximum absolute atomic E-state index is 11.2. The molecule has 2 aromatic rings. The van der Waals surface area contributed by atoms with E-state index in [0.717, 1.165) is 17.8 Å². The zero-order valence-electron chi connectivity index (χ0n) is 16.3. The fraction of sp³-hybridized carbons (Fsp3) is 0.545. The summed E-state index contributed by atoms with van der Waals surface area (Å²) in [5.41, 5.74) is 0.686. The fourth-order valence-corrected chi connectivity index (χ4v) is 6.89. The van der Waals surface area contributed by atoms with Crippen molar-refractivity contribution in [1.29, 1.82) is 0 Å². The summed E-state index contributed by atoms with van der Waals surface area (Å²) in [6.07, 6.45) is 9.99. The van der Waals surface area contributed by atoms with E-state index < -0.39 is 10.6 Å². The van der Waals surface area contributed by atoms with Crippen LogP contribution in [0.3, 0.4) is 0 Å². The van der Waals surface area contributed by atoms with Crippen LogP contribution in [0.15, 0.2) is 36.5 Å². The van der Waals surface area contributed by atoms with E-state index in [0.29, 0.717) is 18.1 Å². The van der Waals surface area contributed by atoms with Crippen molar-refractivity contribution in [3.8, 4) is 0 Å². The second-order valence-electron chi connectivity index (χ2n) is 9.75. The normalized spacial score (nSPS) is 36.7. The van der Waals surface area contributed by atoms with Crippen LogP contribution in [-0.2, 0) is 17.7 Å². The van der Waals surface area contributed by atoms with E-state index in [2.05, 4.69) is 11.4 Å². The van der Waals surface area contributed by atoms with Crippen LogP contribution in [0, 0.1) is 27.9 Å². The van der Waals surface area contributed by atoms with E-state index in [1.807, 2.05) is 10.8 Å². The number of hydrogen-bond donors (Lipinski definition) is 2. The molecule has 0 radical (unpaired) electrons. The second kappa shape index (κ2) is 5.75. The second-order valence-corrected chi connectivity index (χ2v) is 9.75. The molecule has 2 N–H and O–H groups in total. The molecule has 1 atom stereocenters. The van der Waals surface area contributed by atoms with Gasteiger partial charge in [-0.25, -0.2) is 9.88 Å². The molecule has 7 rings (SSSR count). The highest BCUT2D eigenvalue weighted by molar-refractivity contribution is 5.40. The van der Waals surface area contributed by atoms with Crippen molar-refractivity contribution in [1.82, 2.24) is 4.98 Å². The third-order valence-electron chi connectivity index (χ3n) is 7.77. The Kier molecular flexibility index (Phi) is 3.44. The van der Waals surface area contributed by atoms with Gasteiger partial charge in [-0.2, -0.15) is 0 Å². The maximum Gasteiger partial charge on any atom is 0.394 e. The van der Waals surface area contributed by atoms with Gasteiger partial charge in [-0.05, 0) is 68.4 Å². The Morgan fingerprint density at radius 2 is 1.69 bits per heavy atom. The summed E-state index contributed by atoms with van der Waals surface area (Å²) in [5, 5.41) is 25.3. The molecule has 1 unspecified atom stereocenters. The molecule has 7 heteroatoms. The largest absolute Gasteiger partial charge is 0.394 e. The predicted octanol–water partition coefficient (Wildman–Crippen LogP) is 3.02. The first-order valence-electron chi connectivity index (χ1n) is 10.6. The number of nitro benzene ring substituents is 1. The molecule has 1 aromatic heterocycles. The summed E-state index contributed by atoms with van der Waals surface area (Å²) in [6.45, 7) is 0.328. The first-order valence-corrected chi connectivity index (χ1v) is 10.6. The van der Waals surface area contributed by atoms with Crippen molar-refractivity contribution in [3.05, 3.63) is 57.9 Å². The molecule has 0 spiro atoms. The summed E-state index contributed by atoms with van der Waals surface area (Å²) in [5.74, 6) is 3.25. The highest BCUT2D eigenvalue weighted by Gasteiger charge is 2.54. The number of aliphatic hydroxyl groups is 1. The van der Waals surface area contributed by atoms with Gasteiger partial charge in [-0.3, -0.25) is 10.1 Å². The summed E-state index contributed by atoms with van der Waals surface area (Å²) in [6, 6.07) is 8.23. The van der Waals surface area contributed by atoms with Crippen molar-refractivity contribution >= 4 is 11.6 Å². The molecule has 5 aliphatic rings. The molecule has 7 nitrogen and oxygen atoms in total. The number of fused-ring (bicyclic) bond motifs is 1. The lowest BCUT2D eigenvalue weighted by molar-refractivity contribution is -0.685. The summed E-state index contributed by atoms with van der Waals surface area (Å²) < 4.78 is 1.94. The van der Waals surface area contributed by atoms with Gasteiger partial charge in [0, 0.05) is 29.2 Å². The van der Waals surface area contributed by atoms with E-state index >= 15 is 0 Å². The third-order valence-corrected chi connectivity index (χ3v) is 7.77. The lowest BCUT2D eigenvalue weighted by atomic mass is 9.49. The zero-order chi connectivity index (χ0) is 19.8. The zero-order valence-corrected chi connectivity index (χ0v) is 16.3. The molecule has 1 aliphatic heterocycles. The van der Waals surface area contributed by atoms with Gasteiger partial charge in [-0.15, -0.1) is 0 Å². The number of hydrogen-bond acceptors (Lipinski definition) is 5. The molecule has 150 valence electrons. The van der Waals surface area contributed by atoms with Gasteiger partial charge in [0.05, 0.1) is 11.1 Å². The summed E-state index contributed by atoms with van der Waals surface area (Å²) in [7, 11) is 0. The number of rotatable bonds is 3. The van der Waals surface area contributed by atoms with E-state index in [9.17, 15) is 15.2 Å². The van der Waals surface area contributed by atoms with Gasteiger partial charge in [-0.1, -0.05) is 4.98 Å². The highest BCUT2D eigenvalue weighted by atomic mass is 16.6. The van der Waals surface area contributed by atoms with Crippen LogP contribution < -0.4 is 9.88 Å². The average Bonchev–Trinajstić information content (AvgIpc) is 3.03. The molecule has 29 heavy (non-hydrogen) atoms. The van der Waals surface area contributed by atoms with Crippen LogP contribution >= 0.6 is 0 Å². The van der Waals surface area contributed by atoms with Crippen LogP contribution in [0.5, 0.6) is 0 Å². The van der Waals surface area contributed by atoms with Gasteiger partial charge in [0.1, 0.15) is 12.2 Å². The van der Waals surface area contributed by atoms with Crippen LogP contribution in [-0.4, -0.2) is 15.0 Å². The summed E-state index contributed by atoms with van der Waals surface area (Å²) in [4.78, 5) is 15.5. The molecular formula is C22H25N4O3+. The van der Waals surface area contributed by atoms with E-state index in [1.165, 1.54) is 56.4 Å². The van der Waals surface area contributed by atoms with Crippen molar-refractivity contribution in [3.63, 3.8) is 0 Å². The van der Waals surface area contributed by atoms with Gasteiger partial charge in [0.25, 0.3) is 5.69 Å². The van der Waals surface area contributed by atoms with Crippen LogP contribution in [0.1, 0.15) is 49.8 Å². The number of anilines is 1. The Morgan fingerprint density at radius 1 is 1.07 bits per heavy atom. The lowest BCUT2D eigenvalue weighted by Crippen LogP contribution is -2.49. The van der Waals surface area contributed by atoms with Crippen molar-refractivity contribution in [2.45, 2.75) is 56.2 Å². The molecule has 4 fully saturated rings. The SMILES string of the molecule is O=[N+]([O-])c1ccc(C2(O)C[n+]3ccc(C45CC6CC(CC(C6)C4)C5)nc3N2)cc1. The molecule has 0 amide bonds. The molecular weight excluding hydrogens is 368 g/mol. The quantitative estimate of drug-likeness (QED) is 0.475. The molecule has 4 saturated carbocycles. The number of nitrogens with one attached hydrogen (secondary N) is 1. The third kappa shape index (κ3) is 2.60. The summed E-state index contributed by atoms with van der Waals surface area (Å²) >= 11 is 0. The van der Waals surface area contributed by atoms with Crippen molar-refractivity contribution < 1.29 is 14.6 Å². The Labute approximate surface area is 168 Å². The van der Waals surface area contributed by atoms with Crippen LogP contribution in [0.2, 0.25) is 0 Å². The fourth-order valence-electron chi connectivity index (χ4n) is 6.89. The Morgan fingerprint density at radius 3 is 2.28 bits per heavy atom. The van der Waals surface area contributed by atoms with Gasteiger partial charge in [0.15, 0.2) is 0 Å². The van der Waals surface area contributed by atoms with Crippen molar-refractivity contribution in [2.75, 3.05) is 5.32 Å². The highest BCUT2D eigenvalue weighted by Crippen LogP contribution is 2.60. The monoisotopic (exact) mass is 393 g/mol. The first-order chi connectivity index (χ1) is 13.9. The first kappa shape index (κ1) is 17.3. The average molecular weight is 393 g/mol. The van der Waals surface area contributed by atoms with E-state index in [-0.39, 0.29) is 11.1 Å². The van der Waals surface area contributed by atoms with E-state index in [1.54, 1.807) is 12.1 Å². The van der Waals surface area contributed by atoms with Crippen molar-refractivity contribution in [2.24, 2.45) is 17.8 Å². The van der Waals surface area contributed by atoms with Gasteiger partial charge >= 0.3 is 5.95 Å². The maximum atomic E-state index is 11.2.